The van der Waals surface area contributed by atoms with Crippen molar-refractivity contribution in [2.75, 3.05) is 0 Å². The smallest absolute Gasteiger partial charge is 0.0638 e. The second-order valence-corrected chi connectivity index (χ2v) is 4.58. The van der Waals surface area contributed by atoms with E-state index in [0.717, 1.165) is 17.9 Å². The molecule has 0 radical (unpaired) electrons. The minimum Gasteiger partial charge on any atom is -0.306 e. The van der Waals surface area contributed by atoms with Gasteiger partial charge in [0.2, 0.25) is 0 Å². The van der Waals surface area contributed by atoms with Crippen LogP contribution in [0, 0.1) is 11.3 Å². The summed E-state index contributed by atoms with van der Waals surface area (Å²) in [6.45, 7) is 4.24. The van der Waals surface area contributed by atoms with Crippen LogP contribution in [0.4, 0.5) is 0 Å². The number of nitrogens with zero attached hydrogens (tertiary/aromatic N) is 1. The van der Waals surface area contributed by atoms with Crippen molar-refractivity contribution in [2.45, 2.75) is 45.2 Å². The fourth-order valence-electron chi connectivity index (χ4n) is 1.86. The number of halogens is 1. The summed E-state index contributed by atoms with van der Waals surface area (Å²) in [5.74, 6) is 0. The largest absolute Gasteiger partial charge is 0.306 e. The summed E-state index contributed by atoms with van der Waals surface area (Å²) in [5, 5.41) is 13.0. The lowest BCUT2D eigenvalue weighted by atomic mass is 10.0. The van der Waals surface area contributed by atoms with Crippen LogP contribution in [0.2, 0.25) is 5.02 Å². The van der Waals surface area contributed by atoms with Crippen LogP contribution in [0.25, 0.3) is 0 Å². The van der Waals surface area contributed by atoms with E-state index in [-0.39, 0.29) is 6.04 Å². The molecule has 0 saturated heterocycles. The normalized spacial score (nSPS) is 14.0. The fraction of sp³-hybridized carbons (Fsp3) is 0.500. The fourth-order valence-corrected chi connectivity index (χ4v) is 1.99. The van der Waals surface area contributed by atoms with Gasteiger partial charge in [0.15, 0.2) is 0 Å². The Kier molecular flexibility index (Phi) is 6.04. The van der Waals surface area contributed by atoms with Crippen LogP contribution >= 0.6 is 11.6 Å². The van der Waals surface area contributed by atoms with E-state index in [2.05, 4.69) is 25.2 Å². The van der Waals surface area contributed by atoms with E-state index >= 15 is 0 Å². The molecule has 17 heavy (non-hydrogen) atoms. The molecule has 0 heterocycles. The first-order valence-corrected chi connectivity index (χ1v) is 6.47. The summed E-state index contributed by atoms with van der Waals surface area (Å²) in [4.78, 5) is 0. The molecule has 1 aromatic carbocycles. The maximum atomic E-state index is 8.75. The van der Waals surface area contributed by atoms with Gasteiger partial charge in [-0.25, -0.2) is 0 Å². The number of hydrogen-bond donors (Lipinski definition) is 1. The van der Waals surface area contributed by atoms with Gasteiger partial charge in [-0.05, 0) is 30.5 Å². The lowest BCUT2D eigenvalue weighted by molar-refractivity contribution is 0.420. The Hall–Kier alpha value is -1.04. The average molecular weight is 251 g/mol. The maximum Gasteiger partial charge on any atom is 0.0638 e. The van der Waals surface area contributed by atoms with Crippen molar-refractivity contribution in [3.05, 3.63) is 34.9 Å². The molecule has 0 saturated carbocycles. The second-order valence-electron chi connectivity index (χ2n) is 4.15. The molecule has 0 aliphatic rings. The lowest BCUT2D eigenvalue weighted by Gasteiger charge is -2.23. The molecule has 92 valence electrons. The van der Waals surface area contributed by atoms with Gasteiger partial charge in [-0.1, -0.05) is 37.6 Å². The molecule has 0 aromatic heterocycles. The molecule has 1 N–H and O–H groups in total. The summed E-state index contributed by atoms with van der Waals surface area (Å²) in [5.41, 5.74) is 1.23. The highest BCUT2D eigenvalue weighted by atomic mass is 35.5. The Morgan fingerprint density at radius 3 is 2.35 bits per heavy atom. The van der Waals surface area contributed by atoms with Crippen molar-refractivity contribution in [1.82, 2.24) is 5.32 Å². The maximum absolute atomic E-state index is 8.75. The first-order valence-electron chi connectivity index (χ1n) is 6.09. The van der Waals surface area contributed by atoms with E-state index in [9.17, 15) is 0 Å². The monoisotopic (exact) mass is 250 g/mol. The van der Waals surface area contributed by atoms with Gasteiger partial charge in [0.05, 0.1) is 12.5 Å². The Morgan fingerprint density at radius 2 is 1.88 bits per heavy atom. The molecule has 1 aromatic rings. The third-order valence-electron chi connectivity index (χ3n) is 2.95. The zero-order valence-electron chi connectivity index (χ0n) is 10.4. The molecule has 0 bridgehead atoms. The average Bonchev–Trinajstić information content (AvgIpc) is 2.36. The quantitative estimate of drug-likeness (QED) is 0.826. The summed E-state index contributed by atoms with van der Waals surface area (Å²) < 4.78 is 0. The van der Waals surface area contributed by atoms with Crippen molar-refractivity contribution >= 4 is 11.6 Å². The third kappa shape index (κ3) is 4.38. The zero-order chi connectivity index (χ0) is 12.7. The van der Waals surface area contributed by atoms with Gasteiger partial charge >= 0.3 is 0 Å². The zero-order valence-corrected chi connectivity index (χ0v) is 11.2. The van der Waals surface area contributed by atoms with E-state index in [0.29, 0.717) is 12.5 Å². The van der Waals surface area contributed by atoms with Crippen LogP contribution in [-0.4, -0.2) is 6.04 Å². The highest BCUT2D eigenvalue weighted by molar-refractivity contribution is 6.30. The SMILES string of the molecule is CCC(CC#N)NC(CC)c1ccc(Cl)cc1. The van der Waals surface area contributed by atoms with Crippen LogP contribution in [0.1, 0.15) is 44.7 Å². The van der Waals surface area contributed by atoms with Gasteiger partial charge in [-0.2, -0.15) is 5.26 Å². The van der Waals surface area contributed by atoms with Crippen molar-refractivity contribution < 1.29 is 0 Å². The molecule has 0 spiro atoms. The van der Waals surface area contributed by atoms with Crippen molar-refractivity contribution in [3.8, 4) is 6.07 Å². The van der Waals surface area contributed by atoms with Crippen molar-refractivity contribution in [3.63, 3.8) is 0 Å². The Balaban J connectivity index is 2.71. The molecule has 0 aliphatic heterocycles. The molecule has 0 fully saturated rings. The molecule has 0 amide bonds. The van der Waals surface area contributed by atoms with Crippen LogP contribution in [-0.2, 0) is 0 Å². The Bertz CT molecular complexity index is 367. The second kappa shape index (κ2) is 7.32. The van der Waals surface area contributed by atoms with Crippen LogP contribution in [0.15, 0.2) is 24.3 Å². The highest BCUT2D eigenvalue weighted by Gasteiger charge is 2.13. The van der Waals surface area contributed by atoms with Crippen LogP contribution < -0.4 is 5.32 Å². The molecule has 2 atom stereocenters. The molecule has 1 rings (SSSR count). The minimum absolute atomic E-state index is 0.264. The number of rotatable bonds is 6. The minimum atomic E-state index is 0.264. The molecule has 3 heteroatoms. The molecule has 2 nitrogen and oxygen atoms in total. The summed E-state index contributed by atoms with van der Waals surface area (Å²) >= 11 is 5.88. The Morgan fingerprint density at radius 1 is 1.24 bits per heavy atom. The van der Waals surface area contributed by atoms with Gasteiger partial charge in [0.1, 0.15) is 0 Å². The van der Waals surface area contributed by atoms with Gasteiger partial charge in [0.25, 0.3) is 0 Å². The molecule has 2 unspecified atom stereocenters. The number of nitrogens with one attached hydrogen (secondary N) is 1. The van der Waals surface area contributed by atoms with E-state index in [1.165, 1.54) is 5.56 Å². The predicted molar refractivity (Wildman–Crippen MR) is 71.9 cm³/mol. The van der Waals surface area contributed by atoms with Crippen LogP contribution in [0.5, 0.6) is 0 Å². The summed E-state index contributed by atoms with van der Waals surface area (Å²) in [6, 6.07) is 10.7. The van der Waals surface area contributed by atoms with E-state index in [4.69, 9.17) is 16.9 Å². The summed E-state index contributed by atoms with van der Waals surface area (Å²) in [6.07, 6.45) is 2.53. The van der Waals surface area contributed by atoms with Crippen molar-refractivity contribution in [2.24, 2.45) is 0 Å². The van der Waals surface area contributed by atoms with E-state index in [1.807, 2.05) is 24.3 Å². The van der Waals surface area contributed by atoms with E-state index in [1.54, 1.807) is 0 Å². The number of benzene rings is 1. The molecular formula is C14H19ClN2. The first kappa shape index (κ1) is 14.0. The van der Waals surface area contributed by atoms with Gasteiger partial charge in [-0.3, -0.25) is 0 Å². The number of hydrogen-bond acceptors (Lipinski definition) is 2. The van der Waals surface area contributed by atoms with Gasteiger partial charge in [-0.15, -0.1) is 0 Å². The Labute approximate surface area is 109 Å². The van der Waals surface area contributed by atoms with E-state index < -0.39 is 0 Å². The van der Waals surface area contributed by atoms with Gasteiger partial charge in [0, 0.05) is 17.1 Å². The third-order valence-corrected chi connectivity index (χ3v) is 3.20. The molecular weight excluding hydrogens is 232 g/mol. The standard InChI is InChI=1S/C14H19ClN2/c1-3-13(9-10-16)17-14(4-2)11-5-7-12(15)8-6-11/h5-8,13-14,17H,3-4,9H2,1-2H3. The molecule has 0 aliphatic carbocycles. The lowest BCUT2D eigenvalue weighted by Crippen LogP contribution is -2.31. The van der Waals surface area contributed by atoms with Crippen molar-refractivity contribution in [1.29, 1.82) is 5.26 Å². The van der Waals surface area contributed by atoms with Crippen LogP contribution in [0.3, 0.4) is 0 Å². The first-order chi connectivity index (χ1) is 8.21. The topological polar surface area (TPSA) is 35.8 Å². The highest BCUT2D eigenvalue weighted by Crippen LogP contribution is 2.20. The number of nitriles is 1. The van der Waals surface area contributed by atoms with Gasteiger partial charge < -0.3 is 5.32 Å². The summed E-state index contributed by atoms with van der Waals surface area (Å²) in [7, 11) is 0. The predicted octanol–water partition coefficient (Wildman–Crippen LogP) is 4.07.